The molecule has 1 nitrogen and oxygen atoms in total. The Balaban J connectivity index is 1.95. The Morgan fingerprint density at radius 1 is 0.500 bits per heavy atom. The molecule has 0 amide bonds. The van der Waals surface area contributed by atoms with Crippen molar-refractivity contribution in [2.75, 3.05) is 13.1 Å². The first-order valence-electron chi connectivity index (χ1n) is 12.6. The zero-order valence-electron chi connectivity index (χ0n) is 19.3. The predicted molar refractivity (Wildman–Crippen MR) is 127 cm³/mol. The van der Waals surface area contributed by atoms with E-state index in [4.69, 9.17) is 0 Å². The lowest BCUT2D eigenvalue weighted by molar-refractivity contribution is 0.254. The molecule has 0 aliphatic heterocycles. The molecule has 1 aromatic rings. The second-order valence-electron chi connectivity index (χ2n) is 8.71. The van der Waals surface area contributed by atoms with E-state index in [-0.39, 0.29) is 0 Å². The van der Waals surface area contributed by atoms with Gasteiger partial charge >= 0.3 is 0 Å². The summed E-state index contributed by atoms with van der Waals surface area (Å²) in [6, 6.07) is 11.0. The van der Waals surface area contributed by atoms with Crippen LogP contribution in [0.4, 0.5) is 0 Å². The number of hydrogen-bond donors (Lipinski definition) is 0. The maximum atomic E-state index is 2.67. The van der Waals surface area contributed by atoms with E-state index in [0.717, 1.165) is 6.54 Å². The molecule has 0 aromatic heterocycles. The normalized spacial score (nSPS) is 11.4. The van der Waals surface area contributed by atoms with Crippen molar-refractivity contribution >= 4 is 0 Å². The van der Waals surface area contributed by atoms with Gasteiger partial charge in [0.1, 0.15) is 0 Å². The molecule has 0 bridgehead atoms. The summed E-state index contributed by atoms with van der Waals surface area (Å²) in [4.78, 5) is 2.67. The minimum atomic E-state index is 1.12. The van der Waals surface area contributed by atoms with E-state index in [1.165, 1.54) is 121 Å². The van der Waals surface area contributed by atoms with E-state index in [0.29, 0.717) is 0 Å². The number of unbranched alkanes of at least 4 members (excludes halogenated alkanes) is 14. The molecular weight excluding hydrogens is 338 g/mol. The molecule has 0 N–H and O–H groups in total. The van der Waals surface area contributed by atoms with E-state index in [2.05, 4.69) is 49.1 Å². The molecule has 0 fully saturated rings. The fraction of sp³-hybridized carbons (Fsp3) is 0.778. The van der Waals surface area contributed by atoms with E-state index in [1.807, 2.05) is 0 Å². The zero-order chi connectivity index (χ0) is 20.1. The molecule has 0 saturated heterocycles. The van der Waals surface area contributed by atoms with Crippen molar-refractivity contribution in [1.82, 2.24) is 4.90 Å². The second kappa shape index (κ2) is 19.5. The van der Waals surface area contributed by atoms with Crippen LogP contribution in [-0.4, -0.2) is 18.0 Å². The molecule has 0 unspecified atom stereocenters. The highest BCUT2D eigenvalue weighted by atomic mass is 15.1. The lowest BCUT2D eigenvalue weighted by Crippen LogP contribution is -2.25. The maximum absolute atomic E-state index is 2.67. The van der Waals surface area contributed by atoms with E-state index in [9.17, 15) is 0 Å². The van der Waals surface area contributed by atoms with Gasteiger partial charge in [-0.25, -0.2) is 0 Å². The average Bonchev–Trinajstić information content (AvgIpc) is 2.72. The summed E-state index contributed by atoms with van der Waals surface area (Å²) >= 11 is 0. The summed E-state index contributed by atoms with van der Waals surface area (Å²) in [5, 5.41) is 0. The fourth-order valence-corrected chi connectivity index (χ4v) is 4.02. The van der Waals surface area contributed by atoms with Gasteiger partial charge in [0, 0.05) is 6.54 Å². The number of rotatable bonds is 20. The maximum Gasteiger partial charge on any atom is 0.0233 e. The summed E-state index contributed by atoms with van der Waals surface area (Å²) < 4.78 is 0. The first kappa shape index (κ1) is 25.2. The molecule has 0 aliphatic carbocycles. The summed E-state index contributed by atoms with van der Waals surface area (Å²) in [5.74, 6) is 0. The van der Waals surface area contributed by atoms with Crippen molar-refractivity contribution in [3.05, 3.63) is 35.9 Å². The highest BCUT2D eigenvalue weighted by molar-refractivity contribution is 5.14. The van der Waals surface area contributed by atoms with Crippen LogP contribution in [-0.2, 0) is 6.54 Å². The molecular formula is C27H49N. The molecule has 0 atom stereocenters. The van der Waals surface area contributed by atoms with E-state index in [1.54, 1.807) is 0 Å². The number of hydrogen-bond acceptors (Lipinski definition) is 1. The molecule has 0 aliphatic rings. The fourth-order valence-electron chi connectivity index (χ4n) is 4.02. The largest absolute Gasteiger partial charge is 0.299 e. The van der Waals surface area contributed by atoms with Crippen molar-refractivity contribution < 1.29 is 0 Å². The summed E-state index contributed by atoms with van der Waals surface area (Å²) in [7, 11) is 0. The van der Waals surface area contributed by atoms with Gasteiger partial charge in [0.15, 0.2) is 0 Å². The van der Waals surface area contributed by atoms with Crippen molar-refractivity contribution in [3.63, 3.8) is 0 Å². The van der Waals surface area contributed by atoms with Gasteiger partial charge in [-0.05, 0) is 31.5 Å². The van der Waals surface area contributed by atoms with Crippen molar-refractivity contribution in [1.29, 1.82) is 0 Å². The summed E-state index contributed by atoms with van der Waals surface area (Å²) in [6.45, 7) is 8.25. The van der Waals surface area contributed by atoms with Gasteiger partial charge in [0.2, 0.25) is 0 Å². The lowest BCUT2D eigenvalue weighted by atomic mass is 10.0. The molecule has 0 radical (unpaired) electrons. The van der Waals surface area contributed by atoms with Gasteiger partial charge in [0.05, 0.1) is 0 Å². The van der Waals surface area contributed by atoms with Crippen LogP contribution in [0, 0.1) is 0 Å². The van der Waals surface area contributed by atoms with Gasteiger partial charge in [-0.3, -0.25) is 4.90 Å². The van der Waals surface area contributed by atoms with Crippen LogP contribution in [0.2, 0.25) is 0 Å². The SMILES string of the molecule is CCCCCCCCCCCCCCCCN(CCCC)Cc1ccccc1. The third kappa shape index (κ3) is 15.1. The van der Waals surface area contributed by atoms with Gasteiger partial charge in [-0.2, -0.15) is 0 Å². The Hall–Kier alpha value is -0.820. The van der Waals surface area contributed by atoms with Crippen LogP contribution < -0.4 is 0 Å². The number of nitrogens with zero attached hydrogens (tertiary/aromatic N) is 1. The smallest absolute Gasteiger partial charge is 0.0233 e. The summed E-state index contributed by atoms with van der Waals surface area (Å²) in [6.07, 6.45) is 22.8. The van der Waals surface area contributed by atoms with Gasteiger partial charge < -0.3 is 0 Å². The monoisotopic (exact) mass is 387 g/mol. The first-order valence-corrected chi connectivity index (χ1v) is 12.6. The van der Waals surface area contributed by atoms with Crippen LogP contribution >= 0.6 is 0 Å². The van der Waals surface area contributed by atoms with Crippen molar-refractivity contribution in [3.8, 4) is 0 Å². The standard InChI is InChI=1S/C27H49N/c1-3-5-7-8-9-10-11-12-13-14-15-16-17-21-25-28(24-6-4-2)26-27-22-19-18-20-23-27/h18-20,22-23H,3-17,21,24-26H2,1-2H3. The van der Waals surface area contributed by atoms with E-state index < -0.39 is 0 Å². The molecule has 0 heterocycles. The number of benzene rings is 1. The molecule has 0 spiro atoms. The Bertz CT molecular complexity index is 414. The Labute approximate surface area is 177 Å². The topological polar surface area (TPSA) is 3.24 Å². The lowest BCUT2D eigenvalue weighted by Gasteiger charge is -2.22. The Kier molecular flexibility index (Phi) is 17.6. The Morgan fingerprint density at radius 2 is 0.929 bits per heavy atom. The van der Waals surface area contributed by atoms with Gasteiger partial charge in [-0.1, -0.05) is 134 Å². The van der Waals surface area contributed by atoms with Crippen LogP contribution in [0.15, 0.2) is 30.3 Å². The van der Waals surface area contributed by atoms with Crippen molar-refractivity contribution in [2.24, 2.45) is 0 Å². The van der Waals surface area contributed by atoms with Gasteiger partial charge in [-0.15, -0.1) is 0 Å². The third-order valence-corrected chi connectivity index (χ3v) is 5.90. The van der Waals surface area contributed by atoms with Crippen LogP contribution in [0.5, 0.6) is 0 Å². The van der Waals surface area contributed by atoms with Crippen molar-refractivity contribution in [2.45, 2.75) is 123 Å². The van der Waals surface area contributed by atoms with Crippen LogP contribution in [0.1, 0.15) is 122 Å². The Morgan fingerprint density at radius 3 is 1.43 bits per heavy atom. The second-order valence-corrected chi connectivity index (χ2v) is 8.71. The molecule has 28 heavy (non-hydrogen) atoms. The zero-order valence-corrected chi connectivity index (χ0v) is 19.3. The minimum Gasteiger partial charge on any atom is -0.299 e. The molecule has 0 saturated carbocycles. The van der Waals surface area contributed by atoms with Crippen LogP contribution in [0.3, 0.4) is 0 Å². The quantitative estimate of drug-likeness (QED) is 0.202. The highest BCUT2D eigenvalue weighted by Gasteiger charge is 2.05. The minimum absolute atomic E-state index is 1.12. The summed E-state index contributed by atoms with van der Waals surface area (Å²) in [5.41, 5.74) is 1.46. The molecule has 1 aromatic carbocycles. The molecule has 162 valence electrons. The average molecular weight is 388 g/mol. The van der Waals surface area contributed by atoms with E-state index >= 15 is 0 Å². The van der Waals surface area contributed by atoms with Crippen LogP contribution in [0.25, 0.3) is 0 Å². The predicted octanol–water partition coefficient (Wildman–Crippen LogP) is 8.77. The molecule has 1 rings (SSSR count). The van der Waals surface area contributed by atoms with Gasteiger partial charge in [0.25, 0.3) is 0 Å². The molecule has 1 heteroatoms. The first-order chi connectivity index (χ1) is 13.9. The third-order valence-electron chi connectivity index (χ3n) is 5.90. The highest BCUT2D eigenvalue weighted by Crippen LogP contribution is 2.14.